The number of benzene rings is 4. The van der Waals surface area contributed by atoms with Crippen molar-refractivity contribution < 1.29 is 0 Å². The fourth-order valence-electron chi connectivity index (χ4n) is 5.41. The van der Waals surface area contributed by atoms with Gasteiger partial charge in [-0.3, -0.25) is 0 Å². The molecule has 7 rings (SSSR count). The Kier molecular flexibility index (Phi) is 7.02. The third-order valence-corrected chi connectivity index (χ3v) is 7.27. The standard InChI is InChI=1S/C14H12.C10H12.C9H10/c1-2-6-12-10-14-8-4-3-7-13(14)9-11(12)5-1;1-2-6-10-8-4-3-7-9(10)5-1;1-2-5-9-7-3-6-8(9)4-1/h1-8H,9-10H2;1-2,5-6H,3-4,7-8H2;1-2,4-5H,3,6-7H2. The highest BCUT2D eigenvalue weighted by Crippen LogP contribution is 2.26. The smallest absolute Gasteiger partial charge is 0.00201 e. The van der Waals surface area contributed by atoms with Crippen LogP contribution in [0.2, 0.25) is 0 Å². The second-order valence-electron chi connectivity index (χ2n) is 9.49. The maximum absolute atomic E-state index is 2.26. The first-order chi connectivity index (χ1) is 16.4. The summed E-state index contributed by atoms with van der Waals surface area (Å²) in [7, 11) is 0. The van der Waals surface area contributed by atoms with Crippen LogP contribution in [0.1, 0.15) is 63.8 Å². The van der Waals surface area contributed by atoms with E-state index in [2.05, 4.69) is 97.1 Å². The average Bonchev–Trinajstić information content (AvgIpc) is 3.37. The van der Waals surface area contributed by atoms with Gasteiger partial charge in [0.1, 0.15) is 0 Å². The van der Waals surface area contributed by atoms with Gasteiger partial charge in [0.2, 0.25) is 0 Å². The molecule has 0 N–H and O–H groups in total. The monoisotopic (exact) mass is 430 g/mol. The largest absolute Gasteiger partial charge is 0.0620 e. The van der Waals surface area contributed by atoms with Gasteiger partial charge in [-0.05, 0) is 102 Å². The second-order valence-corrected chi connectivity index (χ2v) is 9.49. The summed E-state index contributed by atoms with van der Waals surface area (Å²) in [5.41, 5.74) is 12.3. The van der Waals surface area contributed by atoms with Crippen molar-refractivity contribution in [2.45, 2.75) is 57.8 Å². The van der Waals surface area contributed by atoms with Crippen molar-refractivity contribution in [2.75, 3.05) is 0 Å². The minimum absolute atomic E-state index is 1.10. The van der Waals surface area contributed by atoms with Crippen molar-refractivity contribution in [3.05, 3.63) is 142 Å². The van der Waals surface area contributed by atoms with Crippen LogP contribution in [0.25, 0.3) is 0 Å². The summed E-state index contributed by atoms with van der Waals surface area (Å²) in [5, 5.41) is 0. The molecule has 0 aliphatic heterocycles. The highest BCUT2D eigenvalue weighted by Gasteiger charge is 2.13. The van der Waals surface area contributed by atoms with Crippen LogP contribution in [0.15, 0.2) is 97.1 Å². The average molecular weight is 431 g/mol. The van der Waals surface area contributed by atoms with Crippen molar-refractivity contribution in [1.29, 1.82) is 0 Å². The van der Waals surface area contributed by atoms with E-state index in [1.54, 1.807) is 22.3 Å². The molecule has 0 nitrogen and oxygen atoms in total. The molecule has 0 heteroatoms. The molecule has 166 valence electrons. The minimum Gasteiger partial charge on any atom is -0.0620 e. The summed E-state index contributed by atoms with van der Waals surface area (Å²) in [6.07, 6.45) is 11.5. The van der Waals surface area contributed by atoms with Gasteiger partial charge < -0.3 is 0 Å². The van der Waals surface area contributed by atoms with Crippen molar-refractivity contribution in [3.8, 4) is 0 Å². The molecule has 3 aliphatic carbocycles. The maximum Gasteiger partial charge on any atom is -0.00201 e. The number of fused-ring (bicyclic) bond motifs is 4. The molecule has 0 heterocycles. The van der Waals surface area contributed by atoms with Crippen molar-refractivity contribution in [2.24, 2.45) is 0 Å². The molecule has 0 saturated heterocycles. The quantitative estimate of drug-likeness (QED) is 0.234. The maximum atomic E-state index is 2.26. The predicted octanol–water partition coefficient (Wildman–Crippen LogP) is 7.92. The lowest BCUT2D eigenvalue weighted by molar-refractivity contribution is 0.685. The van der Waals surface area contributed by atoms with Crippen LogP contribution in [0, 0.1) is 0 Å². The van der Waals surface area contributed by atoms with E-state index in [1.165, 1.54) is 67.2 Å². The summed E-state index contributed by atoms with van der Waals surface area (Å²) in [6.45, 7) is 0. The SMILES string of the molecule is c1ccc2c(c1)CCC2.c1ccc2c(c1)CCCC2.c1ccc2c(c1)Cc1ccccc1C2. The Balaban J connectivity index is 0.000000107. The van der Waals surface area contributed by atoms with Crippen LogP contribution in [0.5, 0.6) is 0 Å². The normalized spacial score (nSPS) is 14.8. The van der Waals surface area contributed by atoms with Crippen molar-refractivity contribution in [3.63, 3.8) is 0 Å². The lowest BCUT2D eigenvalue weighted by Crippen LogP contribution is -2.06. The molecule has 0 amide bonds. The Bertz CT molecular complexity index is 1060. The molecule has 0 atom stereocenters. The Labute approximate surface area is 199 Å². The van der Waals surface area contributed by atoms with E-state index < -0.39 is 0 Å². The van der Waals surface area contributed by atoms with Gasteiger partial charge in [0.05, 0.1) is 0 Å². The van der Waals surface area contributed by atoms with Gasteiger partial charge in [0.15, 0.2) is 0 Å². The fourth-order valence-corrected chi connectivity index (χ4v) is 5.41. The molecule has 0 bridgehead atoms. The molecule has 0 spiro atoms. The zero-order valence-electron chi connectivity index (χ0n) is 19.6. The van der Waals surface area contributed by atoms with E-state index in [1.807, 2.05) is 0 Å². The Morgan fingerprint density at radius 3 is 0.818 bits per heavy atom. The Morgan fingerprint density at radius 1 is 0.273 bits per heavy atom. The van der Waals surface area contributed by atoms with Gasteiger partial charge in [-0.15, -0.1) is 0 Å². The first kappa shape index (κ1) is 21.7. The van der Waals surface area contributed by atoms with Gasteiger partial charge in [-0.25, -0.2) is 0 Å². The lowest BCUT2D eigenvalue weighted by atomic mass is 9.86. The molecular formula is C33H34. The summed E-state index contributed by atoms with van der Waals surface area (Å²) >= 11 is 0. The van der Waals surface area contributed by atoms with Crippen molar-refractivity contribution >= 4 is 0 Å². The fraction of sp³-hybridized carbons (Fsp3) is 0.273. The van der Waals surface area contributed by atoms with Crippen LogP contribution in [0.4, 0.5) is 0 Å². The number of rotatable bonds is 0. The first-order valence-electron chi connectivity index (χ1n) is 12.6. The van der Waals surface area contributed by atoms with Gasteiger partial charge in [0.25, 0.3) is 0 Å². The van der Waals surface area contributed by atoms with Crippen molar-refractivity contribution in [1.82, 2.24) is 0 Å². The topological polar surface area (TPSA) is 0 Å². The van der Waals surface area contributed by atoms with E-state index >= 15 is 0 Å². The molecular weight excluding hydrogens is 396 g/mol. The highest BCUT2D eigenvalue weighted by atomic mass is 14.2. The van der Waals surface area contributed by atoms with Gasteiger partial charge in [-0.1, -0.05) is 97.1 Å². The lowest BCUT2D eigenvalue weighted by Gasteiger charge is -2.18. The Morgan fingerprint density at radius 2 is 0.515 bits per heavy atom. The molecule has 0 fully saturated rings. The molecule has 0 aromatic heterocycles. The molecule has 0 saturated carbocycles. The number of aryl methyl sites for hydroxylation is 4. The molecule has 3 aliphatic rings. The van der Waals surface area contributed by atoms with Gasteiger partial charge in [-0.2, -0.15) is 0 Å². The van der Waals surface area contributed by atoms with E-state index in [0.717, 1.165) is 12.8 Å². The van der Waals surface area contributed by atoms with E-state index in [0.29, 0.717) is 0 Å². The predicted molar refractivity (Wildman–Crippen MR) is 140 cm³/mol. The third-order valence-electron chi connectivity index (χ3n) is 7.27. The van der Waals surface area contributed by atoms with E-state index in [-0.39, 0.29) is 0 Å². The van der Waals surface area contributed by atoms with Crippen LogP contribution in [0.3, 0.4) is 0 Å². The zero-order valence-corrected chi connectivity index (χ0v) is 19.6. The number of hydrogen-bond donors (Lipinski definition) is 0. The second kappa shape index (κ2) is 10.7. The van der Waals surface area contributed by atoms with Crippen LogP contribution in [-0.4, -0.2) is 0 Å². The summed E-state index contributed by atoms with van der Waals surface area (Å²) < 4.78 is 0. The van der Waals surface area contributed by atoms with E-state index in [4.69, 9.17) is 0 Å². The summed E-state index contributed by atoms with van der Waals surface area (Å²) in [6, 6.07) is 35.0. The zero-order chi connectivity index (χ0) is 22.3. The van der Waals surface area contributed by atoms with E-state index in [9.17, 15) is 0 Å². The third kappa shape index (κ3) is 5.45. The molecule has 0 radical (unpaired) electrons. The Hall–Kier alpha value is -3.12. The van der Waals surface area contributed by atoms with Crippen LogP contribution >= 0.6 is 0 Å². The van der Waals surface area contributed by atoms with Crippen LogP contribution in [-0.2, 0) is 38.5 Å². The minimum atomic E-state index is 1.10. The summed E-state index contributed by atoms with van der Waals surface area (Å²) in [4.78, 5) is 0. The highest BCUT2D eigenvalue weighted by molar-refractivity contribution is 5.44. The molecule has 4 aromatic carbocycles. The first-order valence-corrected chi connectivity index (χ1v) is 12.6. The van der Waals surface area contributed by atoms with Crippen LogP contribution < -0.4 is 0 Å². The molecule has 33 heavy (non-hydrogen) atoms. The van der Waals surface area contributed by atoms with Gasteiger partial charge in [0, 0.05) is 0 Å². The molecule has 4 aromatic rings. The van der Waals surface area contributed by atoms with Gasteiger partial charge >= 0.3 is 0 Å². The summed E-state index contributed by atoms with van der Waals surface area (Å²) in [5.74, 6) is 0. The molecule has 0 unspecified atom stereocenters. The number of hydrogen-bond acceptors (Lipinski definition) is 0.